The van der Waals surface area contributed by atoms with Gasteiger partial charge in [-0.3, -0.25) is 4.79 Å². The molecule has 5 nitrogen and oxygen atoms in total. The number of sulfonamides is 1. The zero-order valence-corrected chi connectivity index (χ0v) is 15.9. The number of carbonyl (C=O) groups excluding carboxylic acids is 1. The lowest BCUT2D eigenvalue weighted by atomic mass is 9.97. The molecule has 1 aromatic carbocycles. The lowest BCUT2D eigenvalue weighted by Gasteiger charge is -2.30. The van der Waals surface area contributed by atoms with Crippen molar-refractivity contribution >= 4 is 44.8 Å². The number of unbranched alkanes of at least 4 members (excludes halogenated alkanes) is 1. The van der Waals surface area contributed by atoms with Crippen molar-refractivity contribution < 1.29 is 13.2 Å². The molecular weight excluding hydrogens is 371 g/mol. The predicted molar refractivity (Wildman–Crippen MR) is 98.1 cm³/mol. The molecule has 0 spiro atoms. The zero-order chi connectivity index (χ0) is 17.7. The van der Waals surface area contributed by atoms with Gasteiger partial charge < -0.3 is 5.32 Å². The van der Waals surface area contributed by atoms with Crippen molar-refractivity contribution in [2.45, 2.75) is 32.6 Å². The van der Waals surface area contributed by atoms with E-state index in [0.717, 1.165) is 6.42 Å². The summed E-state index contributed by atoms with van der Waals surface area (Å²) in [6.45, 7) is 2.73. The van der Waals surface area contributed by atoms with Crippen LogP contribution in [0.25, 0.3) is 0 Å². The highest BCUT2D eigenvalue weighted by atomic mass is 35.5. The monoisotopic (exact) mass is 392 g/mol. The highest BCUT2D eigenvalue weighted by Gasteiger charge is 2.30. The molecule has 1 aliphatic rings. The van der Waals surface area contributed by atoms with Crippen LogP contribution in [0.15, 0.2) is 18.2 Å². The lowest BCUT2D eigenvalue weighted by molar-refractivity contribution is -0.120. The van der Waals surface area contributed by atoms with Crippen molar-refractivity contribution in [1.29, 1.82) is 0 Å². The maximum absolute atomic E-state index is 12.4. The van der Waals surface area contributed by atoms with E-state index >= 15 is 0 Å². The average molecular weight is 393 g/mol. The van der Waals surface area contributed by atoms with Crippen LogP contribution in [0.1, 0.15) is 32.6 Å². The summed E-state index contributed by atoms with van der Waals surface area (Å²) in [5.74, 6) is -0.194. The first-order valence-electron chi connectivity index (χ1n) is 8.07. The Balaban J connectivity index is 1.92. The van der Waals surface area contributed by atoms with Crippen LogP contribution in [0.5, 0.6) is 0 Å². The molecule has 1 saturated heterocycles. The largest absolute Gasteiger partial charge is 0.324 e. The van der Waals surface area contributed by atoms with Crippen LogP contribution in [-0.2, 0) is 14.8 Å². The minimum Gasteiger partial charge on any atom is -0.324 e. The van der Waals surface area contributed by atoms with Gasteiger partial charge in [0.05, 0.1) is 16.5 Å². The molecule has 1 amide bonds. The first-order chi connectivity index (χ1) is 11.3. The van der Waals surface area contributed by atoms with Gasteiger partial charge >= 0.3 is 0 Å². The van der Waals surface area contributed by atoms with Gasteiger partial charge in [0.2, 0.25) is 15.9 Å². The summed E-state index contributed by atoms with van der Waals surface area (Å²) in [5.41, 5.74) is 0.479. The van der Waals surface area contributed by atoms with Gasteiger partial charge in [-0.15, -0.1) is 0 Å². The van der Waals surface area contributed by atoms with E-state index in [1.807, 2.05) is 6.92 Å². The van der Waals surface area contributed by atoms with Crippen LogP contribution in [0.2, 0.25) is 10.0 Å². The molecule has 0 bridgehead atoms. The molecule has 0 atom stereocenters. The number of carbonyl (C=O) groups is 1. The van der Waals surface area contributed by atoms with Crippen molar-refractivity contribution in [2.24, 2.45) is 5.92 Å². The number of piperidine rings is 1. The molecule has 0 radical (unpaired) electrons. The van der Waals surface area contributed by atoms with E-state index in [1.54, 1.807) is 18.2 Å². The van der Waals surface area contributed by atoms with Crippen molar-refractivity contribution in [1.82, 2.24) is 4.31 Å². The van der Waals surface area contributed by atoms with Crippen LogP contribution >= 0.6 is 23.2 Å². The number of nitrogens with one attached hydrogen (secondary N) is 1. The van der Waals surface area contributed by atoms with E-state index in [4.69, 9.17) is 23.2 Å². The van der Waals surface area contributed by atoms with Gasteiger partial charge in [-0.05, 0) is 37.5 Å². The fraction of sp³-hybridized carbons (Fsp3) is 0.562. The topological polar surface area (TPSA) is 66.5 Å². The smallest absolute Gasteiger partial charge is 0.227 e. The third-order valence-electron chi connectivity index (χ3n) is 4.16. The molecule has 8 heteroatoms. The van der Waals surface area contributed by atoms with Crippen LogP contribution in [0, 0.1) is 5.92 Å². The quantitative estimate of drug-likeness (QED) is 0.800. The number of anilines is 1. The van der Waals surface area contributed by atoms with Gasteiger partial charge in [-0.1, -0.05) is 36.5 Å². The van der Waals surface area contributed by atoms with E-state index in [1.165, 1.54) is 4.31 Å². The highest BCUT2D eigenvalue weighted by Crippen LogP contribution is 2.27. The van der Waals surface area contributed by atoms with E-state index < -0.39 is 10.0 Å². The van der Waals surface area contributed by atoms with Crippen LogP contribution in [0.3, 0.4) is 0 Å². The summed E-state index contributed by atoms with van der Waals surface area (Å²) >= 11 is 12.0. The summed E-state index contributed by atoms with van der Waals surface area (Å²) in [6, 6.07) is 4.88. The van der Waals surface area contributed by atoms with Crippen LogP contribution in [0.4, 0.5) is 5.69 Å². The molecule has 0 saturated carbocycles. The summed E-state index contributed by atoms with van der Waals surface area (Å²) in [4.78, 5) is 12.4. The highest BCUT2D eigenvalue weighted by molar-refractivity contribution is 7.89. The molecule has 0 unspecified atom stereocenters. The maximum atomic E-state index is 12.4. The summed E-state index contributed by atoms with van der Waals surface area (Å²) in [6.07, 6.45) is 2.53. The second-order valence-corrected chi connectivity index (χ2v) is 8.89. The molecule has 24 heavy (non-hydrogen) atoms. The Morgan fingerprint density at radius 1 is 1.29 bits per heavy atom. The first kappa shape index (κ1) is 19.5. The number of rotatable bonds is 6. The van der Waals surface area contributed by atoms with Gasteiger partial charge in [0.15, 0.2) is 0 Å². The van der Waals surface area contributed by atoms with Gasteiger partial charge in [-0.2, -0.15) is 0 Å². The Hall–Kier alpha value is -0.820. The average Bonchev–Trinajstić information content (AvgIpc) is 2.56. The van der Waals surface area contributed by atoms with Crippen molar-refractivity contribution in [2.75, 3.05) is 24.2 Å². The standard InChI is InChI=1S/C16H22Cl2N2O3S/c1-2-3-10-24(22,23)20-8-6-12(7-9-20)16(21)19-15-11-13(17)4-5-14(15)18/h4-5,11-12H,2-3,6-10H2,1H3,(H,19,21). The zero-order valence-electron chi connectivity index (χ0n) is 13.6. The first-order valence-corrected chi connectivity index (χ1v) is 10.4. The summed E-state index contributed by atoms with van der Waals surface area (Å²) < 4.78 is 25.9. The van der Waals surface area contributed by atoms with Crippen LogP contribution in [-0.4, -0.2) is 37.5 Å². The molecule has 1 heterocycles. The molecule has 1 aromatic rings. The second kappa shape index (κ2) is 8.52. The Kier molecular flexibility index (Phi) is 6.92. The Morgan fingerprint density at radius 3 is 2.58 bits per heavy atom. The van der Waals surface area contributed by atoms with Crippen LogP contribution < -0.4 is 5.32 Å². The number of nitrogens with zero attached hydrogens (tertiary/aromatic N) is 1. The van der Waals surface area contributed by atoms with Gasteiger partial charge in [0, 0.05) is 24.0 Å². The SMILES string of the molecule is CCCCS(=O)(=O)N1CCC(C(=O)Nc2cc(Cl)ccc2Cl)CC1. The Bertz CT molecular complexity index is 687. The fourth-order valence-corrected chi connectivity index (χ4v) is 4.70. The van der Waals surface area contributed by atoms with E-state index in [9.17, 15) is 13.2 Å². The van der Waals surface area contributed by atoms with E-state index in [-0.39, 0.29) is 17.6 Å². The molecular formula is C16H22Cl2N2O3S. The third kappa shape index (κ3) is 5.09. The third-order valence-corrected chi connectivity index (χ3v) is 6.68. The van der Waals surface area contributed by atoms with Gasteiger partial charge in [0.25, 0.3) is 0 Å². The molecule has 1 N–H and O–H groups in total. The van der Waals surface area contributed by atoms with Gasteiger partial charge in [-0.25, -0.2) is 12.7 Å². The second-order valence-electron chi connectivity index (χ2n) is 5.96. The normalized spacial score (nSPS) is 17.0. The molecule has 1 aliphatic heterocycles. The van der Waals surface area contributed by atoms with Crippen molar-refractivity contribution in [3.8, 4) is 0 Å². The van der Waals surface area contributed by atoms with Crippen molar-refractivity contribution in [3.05, 3.63) is 28.2 Å². The molecule has 0 aromatic heterocycles. The van der Waals surface area contributed by atoms with Crippen molar-refractivity contribution in [3.63, 3.8) is 0 Å². The van der Waals surface area contributed by atoms with E-state index in [2.05, 4.69) is 5.32 Å². The minimum absolute atomic E-state index is 0.148. The number of hydrogen-bond acceptors (Lipinski definition) is 3. The molecule has 2 rings (SSSR count). The minimum atomic E-state index is -3.20. The predicted octanol–water partition coefficient (Wildman–Crippen LogP) is 3.77. The number of hydrogen-bond donors (Lipinski definition) is 1. The lowest BCUT2D eigenvalue weighted by Crippen LogP contribution is -2.42. The molecule has 134 valence electrons. The maximum Gasteiger partial charge on any atom is 0.227 e. The number of benzene rings is 1. The Morgan fingerprint density at radius 2 is 1.96 bits per heavy atom. The number of halogens is 2. The Labute approximate surface area is 153 Å². The summed E-state index contributed by atoms with van der Waals surface area (Å²) in [7, 11) is -3.20. The number of amides is 1. The fourth-order valence-electron chi connectivity index (χ4n) is 2.68. The molecule has 1 fully saturated rings. The van der Waals surface area contributed by atoms with E-state index in [0.29, 0.717) is 48.1 Å². The van der Waals surface area contributed by atoms with Gasteiger partial charge in [0.1, 0.15) is 0 Å². The summed E-state index contributed by atoms with van der Waals surface area (Å²) in [5, 5.41) is 3.70. The molecule has 0 aliphatic carbocycles.